The molecule has 0 radical (unpaired) electrons. The molecule has 0 amide bonds. The molecule has 21 heavy (non-hydrogen) atoms. The third kappa shape index (κ3) is 5.06. The second kappa shape index (κ2) is 8.25. The first-order valence-electron chi connectivity index (χ1n) is 7.55. The molecule has 1 aliphatic rings. The average Bonchev–Trinajstić information content (AvgIpc) is 2.54. The Labute approximate surface area is 127 Å². The van der Waals surface area contributed by atoms with Gasteiger partial charge in [-0.25, -0.2) is 0 Å². The summed E-state index contributed by atoms with van der Waals surface area (Å²) in [6.07, 6.45) is 5.60. The van der Waals surface area contributed by atoms with Crippen molar-refractivity contribution in [2.45, 2.75) is 25.7 Å². The zero-order valence-corrected chi connectivity index (χ0v) is 12.3. The number of benzene rings is 1. The van der Waals surface area contributed by atoms with Gasteiger partial charge in [0.2, 0.25) is 0 Å². The van der Waals surface area contributed by atoms with Gasteiger partial charge in [-0.2, -0.15) is 10.5 Å². The fraction of sp³-hybridized carbons (Fsp3) is 0.444. The topological polar surface area (TPSA) is 50.8 Å². The Morgan fingerprint density at radius 1 is 1.14 bits per heavy atom. The Hall–Kier alpha value is -2.10. The number of rotatable bonds is 5. The number of nitriles is 2. The molecule has 0 bridgehead atoms. The summed E-state index contributed by atoms with van der Waals surface area (Å²) >= 11 is 0. The first-order chi connectivity index (χ1) is 10.3. The van der Waals surface area contributed by atoms with Crippen LogP contribution >= 0.6 is 0 Å². The van der Waals surface area contributed by atoms with Gasteiger partial charge in [0.15, 0.2) is 0 Å². The van der Waals surface area contributed by atoms with E-state index in [9.17, 15) is 0 Å². The third-order valence-corrected chi connectivity index (χ3v) is 3.93. The molecule has 1 fully saturated rings. The smallest absolute Gasteiger partial charge is 0.0669 e. The van der Waals surface area contributed by atoms with Crippen molar-refractivity contribution in [3.8, 4) is 12.1 Å². The zero-order chi connectivity index (χ0) is 14.9. The molecule has 3 nitrogen and oxygen atoms in total. The van der Waals surface area contributed by atoms with Crippen LogP contribution in [0.25, 0.3) is 6.08 Å². The Bertz CT molecular complexity index is 538. The highest BCUT2D eigenvalue weighted by Gasteiger charge is 2.18. The van der Waals surface area contributed by atoms with Gasteiger partial charge in [-0.05, 0) is 24.8 Å². The summed E-state index contributed by atoms with van der Waals surface area (Å²) in [5.74, 6) is -0.00990. The van der Waals surface area contributed by atoms with E-state index in [2.05, 4.69) is 47.4 Å². The Kier molecular flexibility index (Phi) is 6.00. The molecule has 0 saturated carbocycles. The lowest BCUT2D eigenvalue weighted by atomic mass is 9.98. The molecule has 1 saturated heterocycles. The van der Waals surface area contributed by atoms with Crippen LogP contribution in [0.2, 0.25) is 0 Å². The minimum absolute atomic E-state index is 0.00990. The predicted octanol–water partition coefficient (Wildman–Crippen LogP) is 3.61. The van der Waals surface area contributed by atoms with Gasteiger partial charge in [-0.15, -0.1) is 0 Å². The number of hydrogen-bond acceptors (Lipinski definition) is 3. The molecule has 1 aliphatic heterocycles. The maximum atomic E-state index is 9.13. The van der Waals surface area contributed by atoms with Gasteiger partial charge in [0.1, 0.15) is 0 Å². The number of piperidine rings is 1. The van der Waals surface area contributed by atoms with Gasteiger partial charge in [0.05, 0.1) is 18.1 Å². The number of nitrogens with zero attached hydrogens (tertiary/aromatic N) is 3. The molecular weight excluding hydrogens is 258 g/mol. The van der Waals surface area contributed by atoms with Crippen LogP contribution < -0.4 is 0 Å². The second-order valence-electron chi connectivity index (χ2n) is 5.54. The molecule has 2 rings (SSSR count). The van der Waals surface area contributed by atoms with E-state index in [-0.39, 0.29) is 5.92 Å². The molecule has 0 N–H and O–H groups in total. The van der Waals surface area contributed by atoms with Crippen molar-refractivity contribution < 1.29 is 0 Å². The summed E-state index contributed by atoms with van der Waals surface area (Å²) in [5.41, 5.74) is 2.76. The molecule has 108 valence electrons. The van der Waals surface area contributed by atoms with E-state index in [0.29, 0.717) is 12.8 Å². The lowest BCUT2D eigenvalue weighted by Gasteiger charge is -2.29. The summed E-state index contributed by atoms with van der Waals surface area (Å²) in [4.78, 5) is 2.35. The van der Waals surface area contributed by atoms with Gasteiger partial charge in [-0.1, -0.05) is 42.0 Å². The first kappa shape index (κ1) is 15.3. The monoisotopic (exact) mass is 279 g/mol. The number of hydrogen-bond donors (Lipinski definition) is 0. The van der Waals surface area contributed by atoms with Crippen LogP contribution in [0.3, 0.4) is 0 Å². The van der Waals surface area contributed by atoms with E-state index in [1.807, 2.05) is 6.07 Å². The van der Waals surface area contributed by atoms with Crippen LogP contribution in [-0.2, 0) is 0 Å². The van der Waals surface area contributed by atoms with E-state index < -0.39 is 0 Å². The highest BCUT2D eigenvalue weighted by molar-refractivity contribution is 5.52. The fourth-order valence-corrected chi connectivity index (χ4v) is 2.70. The van der Waals surface area contributed by atoms with Gasteiger partial charge in [0, 0.05) is 26.1 Å². The normalized spacial score (nSPS) is 16.8. The van der Waals surface area contributed by atoms with Gasteiger partial charge < -0.3 is 4.90 Å². The van der Waals surface area contributed by atoms with E-state index in [1.54, 1.807) is 0 Å². The summed E-state index contributed by atoms with van der Waals surface area (Å²) in [6.45, 7) is 2.84. The molecular formula is C18H21N3. The summed E-state index contributed by atoms with van der Waals surface area (Å²) in [5, 5.41) is 17.7. The van der Waals surface area contributed by atoms with Crippen LogP contribution in [0.1, 0.15) is 31.2 Å². The highest BCUT2D eigenvalue weighted by atomic mass is 15.1. The zero-order valence-electron chi connectivity index (χ0n) is 12.3. The van der Waals surface area contributed by atoms with E-state index >= 15 is 0 Å². The highest BCUT2D eigenvalue weighted by Crippen LogP contribution is 2.20. The largest absolute Gasteiger partial charge is 0.301 e. The van der Waals surface area contributed by atoms with Crippen molar-refractivity contribution in [1.29, 1.82) is 10.5 Å². The van der Waals surface area contributed by atoms with Crippen molar-refractivity contribution in [3.05, 3.63) is 41.5 Å². The van der Waals surface area contributed by atoms with Crippen LogP contribution in [0, 0.1) is 28.6 Å². The molecule has 1 aromatic carbocycles. The Morgan fingerprint density at radius 2 is 1.86 bits per heavy atom. The van der Waals surface area contributed by atoms with Crippen LogP contribution in [-0.4, -0.2) is 24.5 Å². The van der Waals surface area contributed by atoms with Crippen molar-refractivity contribution >= 4 is 6.08 Å². The van der Waals surface area contributed by atoms with Crippen LogP contribution in [0.4, 0.5) is 0 Å². The second-order valence-corrected chi connectivity index (χ2v) is 5.54. The summed E-state index contributed by atoms with van der Waals surface area (Å²) in [7, 11) is 0. The van der Waals surface area contributed by atoms with E-state index in [4.69, 9.17) is 10.5 Å². The molecule has 0 aliphatic carbocycles. The van der Waals surface area contributed by atoms with Crippen molar-refractivity contribution in [2.75, 3.05) is 19.6 Å². The Morgan fingerprint density at radius 3 is 2.48 bits per heavy atom. The molecule has 3 heteroatoms. The summed E-state index contributed by atoms with van der Waals surface area (Å²) in [6, 6.07) is 14.9. The third-order valence-electron chi connectivity index (χ3n) is 3.93. The van der Waals surface area contributed by atoms with Crippen molar-refractivity contribution in [1.82, 2.24) is 4.90 Å². The quantitative estimate of drug-likeness (QED) is 0.827. The SMILES string of the molecule is N#CCCC(C#N)CN1CCC(=Cc2ccccc2)CC1. The maximum absolute atomic E-state index is 9.13. The molecule has 0 aromatic heterocycles. The lowest BCUT2D eigenvalue weighted by Crippen LogP contribution is -2.34. The average molecular weight is 279 g/mol. The van der Waals surface area contributed by atoms with Crippen molar-refractivity contribution in [3.63, 3.8) is 0 Å². The molecule has 1 unspecified atom stereocenters. The predicted molar refractivity (Wildman–Crippen MR) is 84.0 cm³/mol. The van der Waals surface area contributed by atoms with Crippen molar-refractivity contribution in [2.24, 2.45) is 5.92 Å². The minimum atomic E-state index is -0.00990. The summed E-state index contributed by atoms with van der Waals surface area (Å²) < 4.78 is 0. The fourth-order valence-electron chi connectivity index (χ4n) is 2.70. The molecule has 1 aromatic rings. The van der Waals surface area contributed by atoms with E-state index in [0.717, 1.165) is 32.5 Å². The lowest BCUT2D eigenvalue weighted by molar-refractivity contribution is 0.232. The van der Waals surface area contributed by atoms with Gasteiger partial charge in [0.25, 0.3) is 0 Å². The molecule has 1 heterocycles. The van der Waals surface area contributed by atoms with Gasteiger partial charge in [-0.3, -0.25) is 0 Å². The van der Waals surface area contributed by atoms with Crippen LogP contribution in [0.15, 0.2) is 35.9 Å². The number of likely N-dealkylation sites (tertiary alicyclic amines) is 1. The Balaban J connectivity index is 1.82. The van der Waals surface area contributed by atoms with Gasteiger partial charge >= 0.3 is 0 Å². The maximum Gasteiger partial charge on any atom is 0.0669 e. The molecule has 0 spiro atoms. The minimum Gasteiger partial charge on any atom is -0.301 e. The van der Waals surface area contributed by atoms with Crippen LogP contribution in [0.5, 0.6) is 0 Å². The molecule has 1 atom stereocenters. The standard InChI is InChI=1S/C18H21N3/c19-10-4-7-18(14-20)15-21-11-8-17(9-12-21)13-16-5-2-1-3-6-16/h1-3,5-6,13,18H,4,7-9,11-12,15H2. The first-order valence-corrected chi connectivity index (χ1v) is 7.55. The van der Waals surface area contributed by atoms with E-state index in [1.165, 1.54) is 11.1 Å².